The first-order chi connectivity index (χ1) is 9.38. The minimum Gasteiger partial charge on any atom is -0.467 e. The van der Waals surface area contributed by atoms with E-state index in [-0.39, 0.29) is 22.8 Å². The Balaban J connectivity index is 2.24. The summed E-state index contributed by atoms with van der Waals surface area (Å²) in [5.41, 5.74) is 6.12. The van der Waals surface area contributed by atoms with E-state index in [9.17, 15) is 8.42 Å². The number of nitrogens with one attached hydrogen (secondary N) is 1. The molecule has 0 aliphatic carbocycles. The first kappa shape index (κ1) is 14.0. The van der Waals surface area contributed by atoms with Crippen molar-refractivity contribution in [2.75, 3.05) is 24.4 Å². The molecule has 0 saturated heterocycles. The van der Waals surface area contributed by atoms with Crippen LogP contribution in [0.3, 0.4) is 0 Å². The van der Waals surface area contributed by atoms with E-state index in [0.717, 1.165) is 6.26 Å². The number of anilines is 3. The second-order valence-electron chi connectivity index (χ2n) is 3.93. The van der Waals surface area contributed by atoms with Crippen molar-refractivity contribution >= 4 is 27.4 Å². The molecule has 2 rings (SSSR count). The monoisotopic (exact) mass is 295 g/mol. The van der Waals surface area contributed by atoms with Gasteiger partial charge in [0.25, 0.3) is 0 Å². The maximum absolute atomic E-state index is 11.3. The molecule has 1 heterocycles. The Morgan fingerprint density at radius 3 is 2.35 bits per heavy atom. The molecule has 106 valence electrons. The molecule has 0 spiro atoms. The molecule has 9 heteroatoms. The zero-order valence-corrected chi connectivity index (χ0v) is 11.7. The van der Waals surface area contributed by atoms with E-state index in [1.165, 1.54) is 19.2 Å². The number of aromatic nitrogens is 3. The summed E-state index contributed by atoms with van der Waals surface area (Å²) in [6, 6.07) is 6.26. The normalized spacial score (nSPS) is 11.1. The number of rotatable bonds is 4. The number of methoxy groups -OCH3 is 1. The smallest absolute Gasteiger partial charge is 0.322 e. The van der Waals surface area contributed by atoms with Crippen molar-refractivity contribution < 1.29 is 13.2 Å². The van der Waals surface area contributed by atoms with E-state index in [1.807, 2.05) is 0 Å². The van der Waals surface area contributed by atoms with Gasteiger partial charge in [0.05, 0.1) is 12.0 Å². The van der Waals surface area contributed by atoms with E-state index in [4.69, 9.17) is 10.5 Å². The molecular weight excluding hydrogens is 282 g/mol. The van der Waals surface area contributed by atoms with Gasteiger partial charge in [0.1, 0.15) is 0 Å². The summed E-state index contributed by atoms with van der Waals surface area (Å²) in [4.78, 5) is 11.8. The minimum absolute atomic E-state index is 0.0205. The molecule has 0 unspecified atom stereocenters. The van der Waals surface area contributed by atoms with Crippen LogP contribution in [0.15, 0.2) is 29.2 Å². The van der Waals surface area contributed by atoms with Gasteiger partial charge in [0, 0.05) is 11.9 Å². The molecule has 3 N–H and O–H groups in total. The number of nitrogen functional groups attached to an aromatic ring is 1. The van der Waals surface area contributed by atoms with Crippen molar-refractivity contribution in [1.82, 2.24) is 15.0 Å². The molecule has 0 bridgehead atoms. The second-order valence-corrected chi connectivity index (χ2v) is 5.94. The molecule has 1 aromatic carbocycles. The summed E-state index contributed by atoms with van der Waals surface area (Å²) in [7, 11) is -1.80. The third-order valence-corrected chi connectivity index (χ3v) is 3.48. The molecule has 20 heavy (non-hydrogen) atoms. The van der Waals surface area contributed by atoms with Gasteiger partial charge in [0.2, 0.25) is 11.9 Å². The highest BCUT2D eigenvalue weighted by Crippen LogP contribution is 2.18. The van der Waals surface area contributed by atoms with Crippen LogP contribution in [0.5, 0.6) is 6.01 Å². The Hall–Kier alpha value is -2.42. The predicted molar refractivity (Wildman–Crippen MR) is 73.6 cm³/mol. The van der Waals surface area contributed by atoms with Crippen LogP contribution in [0, 0.1) is 0 Å². The summed E-state index contributed by atoms with van der Waals surface area (Å²) in [6.45, 7) is 0. The SMILES string of the molecule is COc1nc(N)nc(Nc2ccc(S(C)(=O)=O)cc2)n1. The van der Waals surface area contributed by atoms with E-state index >= 15 is 0 Å². The lowest BCUT2D eigenvalue weighted by molar-refractivity contribution is 0.380. The molecule has 8 nitrogen and oxygen atoms in total. The topological polar surface area (TPSA) is 120 Å². The highest BCUT2D eigenvalue weighted by molar-refractivity contribution is 7.90. The molecule has 0 radical (unpaired) electrons. The average Bonchev–Trinajstić information content (AvgIpc) is 2.37. The largest absolute Gasteiger partial charge is 0.467 e. The molecule has 0 atom stereocenters. The molecule has 0 saturated carbocycles. The van der Waals surface area contributed by atoms with Crippen molar-refractivity contribution in [3.05, 3.63) is 24.3 Å². The van der Waals surface area contributed by atoms with Crippen LogP contribution in [0.4, 0.5) is 17.6 Å². The molecular formula is C11H13N5O3S. The van der Waals surface area contributed by atoms with Gasteiger partial charge in [-0.25, -0.2) is 8.42 Å². The van der Waals surface area contributed by atoms with Crippen LogP contribution in [0.2, 0.25) is 0 Å². The molecule has 1 aromatic heterocycles. The number of ether oxygens (including phenoxy) is 1. The first-order valence-corrected chi connectivity index (χ1v) is 7.40. The lowest BCUT2D eigenvalue weighted by Crippen LogP contribution is -2.05. The van der Waals surface area contributed by atoms with Crippen LogP contribution in [0.25, 0.3) is 0 Å². The van der Waals surface area contributed by atoms with Crippen LogP contribution < -0.4 is 15.8 Å². The standard InChI is InChI=1S/C11H13N5O3S/c1-19-11-15-9(12)14-10(16-11)13-7-3-5-8(6-4-7)20(2,17)18/h3-6H,1-2H3,(H3,12,13,14,15,16). The zero-order valence-electron chi connectivity index (χ0n) is 10.9. The van der Waals surface area contributed by atoms with Gasteiger partial charge in [-0.1, -0.05) is 0 Å². The van der Waals surface area contributed by atoms with Crippen molar-refractivity contribution in [3.8, 4) is 6.01 Å². The van der Waals surface area contributed by atoms with Crippen LogP contribution in [0.1, 0.15) is 0 Å². The van der Waals surface area contributed by atoms with Gasteiger partial charge in [-0.3, -0.25) is 0 Å². The second kappa shape index (κ2) is 5.29. The Labute approximate surface area is 116 Å². The zero-order chi connectivity index (χ0) is 14.8. The fourth-order valence-electron chi connectivity index (χ4n) is 1.43. The number of hydrogen-bond acceptors (Lipinski definition) is 8. The Bertz CT molecular complexity index is 715. The van der Waals surface area contributed by atoms with Crippen molar-refractivity contribution in [2.45, 2.75) is 4.90 Å². The predicted octanol–water partition coefficient (Wildman–Crippen LogP) is 0.610. The van der Waals surface area contributed by atoms with E-state index in [1.54, 1.807) is 12.1 Å². The maximum atomic E-state index is 11.3. The lowest BCUT2D eigenvalue weighted by Gasteiger charge is -2.07. The maximum Gasteiger partial charge on any atom is 0.322 e. The molecule has 2 aromatic rings. The number of nitrogens with two attached hydrogens (primary N) is 1. The van der Waals surface area contributed by atoms with Gasteiger partial charge < -0.3 is 15.8 Å². The fraction of sp³-hybridized carbons (Fsp3) is 0.182. The van der Waals surface area contributed by atoms with E-state index in [2.05, 4.69) is 20.3 Å². The summed E-state index contributed by atoms with van der Waals surface area (Å²) in [5, 5.41) is 2.88. The first-order valence-electron chi connectivity index (χ1n) is 5.51. The summed E-state index contributed by atoms with van der Waals surface area (Å²) < 4.78 is 27.6. The lowest BCUT2D eigenvalue weighted by atomic mass is 10.3. The highest BCUT2D eigenvalue weighted by Gasteiger charge is 2.08. The highest BCUT2D eigenvalue weighted by atomic mass is 32.2. The third kappa shape index (κ3) is 3.32. The summed E-state index contributed by atoms with van der Waals surface area (Å²) in [5.74, 6) is 0.230. The average molecular weight is 295 g/mol. The van der Waals surface area contributed by atoms with Crippen LogP contribution >= 0.6 is 0 Å². The van der Waals surface area contributed by atoms with E-state index in [0.29, 0.717) is 5.69 Å². The number of nitrogens with zero attached hydrogens (tertiary/aromatic N) is 3. The molecule has 0 fully saturated rings. The Morgan fingerprint density at radius 2 is 1.80 bits per heavy atom. The Kier molecular flexibility index (Phi) is 3.70. The van der Waals surface area contributed by atoms with Crippen molar-refractivity contribution in [1.29, 1.82) is 0 Å². The Morgan fingerprint density at radius 1 is 1.15 bits per heavy atom. The van der Waals surface area contributed by atoms with Gasteiger partial charge in [0.15, 0.2) is 9.84 Å². The third-order valence-electron chi connectivity index (χ3n) is 2.35. The van der Waals surface area contributed by atoms with Gasteiger partial charge in [-0.15, -0.1) is 0 Å². The van der Waals surface area contributed by atoms with E-state index < -0.39 is 9.84 Å². The number of sulfone groups is 1. The fourth-order valence-corrected chi connectivity index (χ4v) is 2.06. The van der Waals surface area contributed by atoms with Gasteiger partial charge in [-0.05, 0) is 24.3 Å². The summed E-state index contributed by atoms with van der Waals surface area (Å²) in [6.07, 6.45) is 1.15. The van der Waals surface area contributed by atoms with Crippen LogP contribution in [-0.2, 0) is 9.84 Å². The van der Waals surface area contributed by atoms with Crippen molar-refractivity contribution in [2.24, 2.45) is 0 Å². The van der Waals surface area contributed by atoms with Crippen LogP contribution in [-0.4, -0.2) is 36.7 Å². The number of hydrogen-bond donors (Lipinski definition) is 2. The van der Waals surface area contributed by atoms with Gasteiger partial charge in [-0.2, -0.15) is 15.0 Å². The van der Waals surface area contributed by atoms with Crippen molar-refractivity contribution in [3.63, 3.8) is 0 Å². The summed E-state index contributed by atoms with van der Waals surface area (Å²) >= 11 is 0. The number of benzene rings is 1. The molecule has 0 aliphatic rings. The molecule has 0 amide bonds. The van der Waals surface area contributed by atoms with Gasteiger partial charge >= 0.3 is 6.01 Å². The minimum atomic E-state index is -3.22. The molecule has 0 aliphatic heterocycles. The quantitative estimate of drug-likeness (QED) is 0.841.